The van der Waals surface area contributed by atoms with Gasteiger partial charge in [-0.15, -0.1) is 0 Å². The number of hydrogen-bond donors (Lipinski definition) is 0. The number of halogens is 2. The SMILES string of the molecule is COC(=O)C1(C)CCS(=O)(=O)CC1(F)F. The van der Waals surface area contributed by atoms with Gasteiger partial charge < -0.3 is 4.74 Å². The smallest absolute Gasteiger partial charge is 0.317 e. The predicted octanol–water partition coefficient (Wildman–Crippen LogP) is 0.620. The van der Waals surface area contributed by atoms with E-state index in [2.05, 4.69) is 4.74 Å². The Bertz CT molecular complexity index is 376. The fourth-order valence-electron chi connectivity index (χ4n) is 1.53. The van der Waals surface area contributed by atoms with Crippen LogP contribution in [0.15, 0.2) is 0 Å². The Morgan fingerprint density at radius 3 is 2.33 bits per heavy atom. The van der Waals surface area contributed by atoms with Crippen LogP contribution in [0, 0.1) is 5.41 Å². The largest absolute Gasteiger partial charge is 0.468 e. The fourth-order valence-corrected chi connectivity index (χ4v) is 3.26. The van der Waals surface area contributed by atoms with Gasteiger partial charge >= 0.3 is 5.97 Å². The van der Waals surface area contributed by atoms with Crippen LogP contribution in [0.1, 0.15) is 13.3 Å². The Morgan fingerprint density at radius 1 is 1.40 bits per heavy atom. The molecule has 0 radical (unpaired) electrons. The molecule has 88 valence electrons. The van der Waals surface area contributed by atoms with Gasteiger partial charge in [-0.1, -0.05) is 0 Å². The molecule has 0 amide bonds. The summed E-state index contributed by atoms with van der Waals surface area (Å²) in [7, 11) is -2.75. The van der Waals surface area contributed by atoms with Crippen LogP contribution in [0.25, 0.3) is 0 Å². The molecule has 0 N–H and O–H groups in total. The number of hydrogen-bond acceptors (Lipinski definition) is 4. The number of sulfone groups is 1. The van der Waals surface area contributed by atoms with Crippen molar-refractivity contribution in [2.45, 2.75) is 19.3 Å². The molecule has 1 fully saturated rings. The van der Waals surface area contributed by atoms with Crippen LogP contribution in [0.4, 0.5) is 8.78 Å². The maximum Gasteiger partial charge on any atom is 0.317 e. The highest BCUT2D eigenvalue weighted by molar-refractivity contribution is 7.91. The summed E-state index contributed by atoms with van der Waals surface area (Å²) >= 11 is 0. The van der Waals surface area contributed by atoms with Gasteiger partial charge in [0.25, 0.3) is 5.92 Å². The first-order chi connectivity index (χ1) is 6.65. The van der Waals surface area contributed by atoms with E-state index in [9.17, 15) is 22.0 Å². The normalized spacial score (nSPS) is 33.3. The van der Waals surface area contributed by atoms with Gasteiger partial charge in [-0.3, -0.25) is 4.79 Å². The minimum absolute atomic E-state index is 0.408. The van der Waals surface area contributed by atoms with E-state index in [1.807, 2.05) is 0 Å². The van der Waals surface area contributed by atoms with Crippen molar-refractivity contribution in [3.63, 3.8) is 0 Å². The molecule has 0 saturated carbocycles. The van der Waals surface area contributed by atoms with Gasteiger partial charge in [0.05, 0.1) is 12.9 Å². The zero-order valence-corrected chi connectivity index (χ0v) is 9.23. The number of ether oxygens (including phenoxy) is 1. The van der Waals surface area contributed by atoms with Crippen LogP contribution in [-0.2, 0) is 19.4 Å². The first-order valence-electron chi connectivity index (χ1n) is 4.31. The molecule has 1 atom stereocenters. The van der Waals surface area contributed by atoms with Crippen molar-refractivity contribution >= 4 is 15.8 Å². The maximum absolute atomic E-state index is 13.5. The molecule has 7 heteroatoms. The zero-order valence-electron chi connectivity index (χ0n) is 8.42. The molecule has 4 nitrogen and oxygen atoms in total. The standard InChI is InChI=1S/C8H12F2O4S/c1-7(6(11)14-2)3-4-15(12,13)5-8(7,9)10/h3-5H2,1-2H3. The van der Waals surface area contributed by atoms with Crippen LogP contribution in [0.5, 0.6) is 0 Å². The van der Waals surface area contributed by atoms with E-state index < -0.39 is 45.1 Å². The lowest BCUT2D eigenvalue weighted by Crippen LogP contribution is -2.54. The van der Waals surface area contributed by atoms with Gasteiger partial charge in [0, 0.05) is 0 Å². The van der Waals surface area contributed by atoms with Crippen LogP contribution in [-0.4, -0.2) is 38.9 Å². The molecule has 1 unspecified atom stereocenters. The fraction of sp³-hybridized carbons (Fsp3) is 0.875. The third kappa shape index (κ3) is 1.97. The van der Waals surface area contributed by atoms with E-state index in [-0.39, 0.29) is 0 Å². The number of rotatable bonds is 1. The summed E-state index contributed by atoms with van der Waals surface area (Å²) < 4.78 is 53.4. The molecule has 1 saturated heterocycles. The second-order valence-electron chi connectivity index (χ2n) is 3.87. The lowest BCUT2D eigenvalue weighted by Gasteiger charge is -2.37. The van der Waals surface area contributed by atoms with Gasteiger partial charge in [0.2, 0.25) is 0 Å². The van der Waals surface area contributed by atoms with E-state index in [0.29, 0.717) is 0 Å². The predicted molar refractivity (Wildman–Crippen MR) is 48.3 cm³/mol. The molecule has 0 aliphatic carbocycles. The third-order valence-electron chi connectivity index (χ3n) is 2.76. The summed E-state index contributed by atoms with van der Waals surface area (Å²) in [5.74, 6) is -6.33. The highest BCUT2D eigenvalue weighted by atomic mass is 32.2. The van der Waals surface area contributed by atoms with Gasteiger partial charge in [-0.05, 0) is 13.3 Å². The topological polar surface area (TPSA) is 60.4 Å². The monoisotopic (exact) mass is 242 g/mol. The van der Waals surface area contributed by atoms with Gasteiger partial charge in [-0.2, -0.15) is 0 Å². The lowest BCUT2D eigenvalue weighted by molar-refractivity contribution is -0.176. The molecule has 1 rings (SSSR count). The van der Waals surface area contributed by atoms with Crippen molar-refractivity contribution in [3.8, 4) is 0 Å². The first-order valence-corrected chi connectivity index (χ1v) is 6.13. The van der Waals surface area contributed by atoms with Gasteiger partial charge in [0.1, 0.15) is 11.2 Å². The van der Waals surface area contributed by atoms with E-state index in [4.69, 9.17) is 0 Å². The van der Waals surface area contributed by atoms with E-state index in [0.717, 1.165) is 14.0 Å². The first kappa shape index (κ1) is 12.4. The summed E-state index contributed by atoms with van der Waals surface area (Å²) in [5.41, 5.74) is -2.03. The highest BCUT2D eigenvalue weighted by Gasteiger charge is 2.61. The number of alkyl halides is 2. The summed E-state index contributed by atoms with van der Waals surface area (Å²) in [6.45, 7) is 1.04. The minimum Gasteiger partial charge on any atom is -0.468 e. The van der Waals surface area contributed by atoms with Crippen molar-refractivity contribution in [3.05, 3.63) is 0 Å². The molecule has 0 aromatic heterocycles. The summed E-state index contributed by atoms with van der Waals surface area (Å²) in [6.07, 6.45) is -0.408. The molecule has 0 spiro atoms. The van der Waals surface area contributed by atoms with Crippen LogP contribution in [0.2, 0.25) is 0 Å². The van der Waals surface area contributed by atoms with Crippen LogP contribution >= 0.6 is 0 Å². The molecule has 15 heavy (non-hydrogen) atoms. The average molecular weight is 242 g/mol. The third-order valence-corrected chi connectivity index (χ3v) is 4.39. The Labute approximate surface area is 86.5 Å². The Morgan fingerprint density at radius 2 is 1.93 bits per heavy atom. The quantitative estimate of drug-likeness (QED) is 0.632. The average Bonchev–Trinajstić information content (AvgIpc) is 2.09. The highest BCUT2D eigenvalue weighted by Crippen LogP contribution is 2.45. The van der Waals surface area contributed by atoms with E-state index >= 15 is 0 Å². The summed E-state index contributed by atoms with van der Waals surface area (Å²) in [6, 6.07) is 0. The summed E-state index contributed by atoms with van der Waals surface area (Å²) in [4.78, 5) is 11.2. The van der Waals surface area contributed by atoms with E-state index in [1.54, 1.807) is 0 Å². The van der Waals surface area contributed by atoms with Crippen molar-refractivity contribution in [1.82, 2.24) is 0 Å². The van der Waals surface area contributed by atoms with Crippen LogP contribution in [0.3, 0.4) is 0 Å². The maximum atomic E-state index is 13.5. The Hall–Kier alpha value is -0.720. The second-order valence-corrected chi connectivity index (χ2v) is 6.05. The van der Waals surface area contributed by atoms with Gasteiger partial charge in [0.15, 0.2) is 9.84 Å². The van der Waals surface area contributed by atoms with Gasteiger partial charge in [-0.25, -0.2) is 17.2 Å². The lowest BCUT2D eigenvalue weighted by atomic mass is 9.81. The summed E-state index contributed by atoms with van der Waals surface area (Å²) in [5, 5.41) is 0. The zero-order chi connectivity index (χ0) is 11.9. The van der Waals surface area contributed by atoms with Crippen molar-refractivity contribution < 1.29 is 26.7 Å². The molecule has 1 aliphatic heterocycles. The number of esters is 1. The molecule has 1 heterocycles. The minimum atomic E-state index is -3.76. The second kappa shape index (κ2) is 3.40. The van der Waals surface area contributed by atoms with E-state index in [1.165, 1.54) is 0 Å². The van der Waals surface area contributed by atoms with Crippen molar-refractivity contribution in [2.75, 3.05) is 18.6 Å². The molecular formula is C8H12F2O4S. The molecule has 1 aliphatic rings. The molecule has 0 aromatic carbocycles. The Balaban J connectivity index is 3.09. The number of carbonyl (C=O) groups is 1. The number of methoxy groups -OCH3 is 1. The van der Waals surface area contributed by atoms with Crippen molar-refractivity contribution in [1.29, 1.82) is 0 Å². The number of carbonyl (C=O) groups excluding carboxylic acids is 1. The van der Waals surface area contributed by atoms with Crippen molar-refractivity contribution in [2.24, 2.45) is 5.41 Å². The molecule has 0 aromatic rings. The van der Waals surface area contributed by atoms with Crippen LogP contribution < -0.4 is 0 Å². The Kier molecular flexibility index (Phi) is 2.80. The molecule has 0 bridgehead atoms. The molecular weight excluding hydrogens is 230 g/mol.